The number of rotatable bonds is 9. The van der Waals surface area contributed by atoms with E-state index in [1.165, 1.54) is 4.90 Å². The van der Waals surface area contributed by atoms with E-state index in [0.717, 1.165) is 46.5 Å². The quantitative estimate of drug-likeness (QED) is 0.290. The third kappa shape index (κ3) is 6.75. The molecule has 3 heterocycles. The summed E-state index contributed by atoms with van der Waals surface area (Å²) in [4.78, 5) is 48.6. The minimum atomic E-state index is -0.547. The molecule has 1 fully saturated rings. The molecule has 1 N–H and O–H groups in total. The number of nitrogens with zero attached hydrogens (tertiary/aromatic N) is 3. The van der Waals surface area contributed by atoms with Gasteiger partial charge in [0.2, 0.25) is 0 Å². The first kappa shape index (κ1) is 27.1. The topological polar surface area (TPSA) is 91.3 Å². The van der Waals surface area contributed by atoms with Crippen molar-refractivity contribution >= 4 is 57.8 Å². The molecule has 0 aliphatic carbocycles. The summed E-state index contributed by atoms with van der Waals surface area (Å²) < 4.78 is 0. The van der Waals surface area contributed by atoms with Crippen LogP contribution in [-0.4, -0.2) is 39.1 Å². The van der Waals surface area contributed by atoms with Gasteiger partial charge in [-0.3, -0.25) is 14.5 Å². The maximum Gasteiger partial charge on any atom is 0.333 e. The lowest BCUT2D eigenvalue weighted by Gasteiger charge is -2.30. The van der Waals surface area contributed by atoms with Crippen LogP contribution < -0.4 is 10.2 Å². The van der Waals surface area contributed by atoms with Gasteiger partial charge >= 0.3 is 5.97 Å². The molecule has 1 saturated heterocycles. The lowest BCUT2D eigenvalue weighted by atomic mass is 10.2. The van der Waals surface area contributed by atoms with Gasteiger partial charge in [0.1, 0.15) is 0 Å². The molecule has 0 saturated carbocycles. The van der Waals surface area contributed by atoms with E-state index in [0.29, 0.717) is 11.5 Å². The Labute approximate surface area is 236 Å². The average Bonchev–Trinajstić information content (AvgIpc) is 3.48. The number of unbranched alkanes of at least 4 members (excludes halogenated alkanes) is 2. The summed E-state index contributed by atoms with van der Waals surface area (Å²) in [7, 11) is 0. The lowest BCUT2D eigenvalue weighted by Crippen LogP contribution is -2.31. The molecule has 8 nitrogen and oxygen atoms in total. The Kier molecular flexibility index (Phi) is 8.73. The molecule has 2 amide bonds. The van der Waals surface area contributed by atoms with Gasteiger partial charge < -0.3 is 10.2 Å². The van der Waals surface area contributed by atoms with Crippen LogP contribution in [0.3, 0.4) is 0 Å². The predicted octanol–water partition coefficient (Wildman–Crippen LogP) is 6.10. The molecule has 0 radical (unpaired) electrons. The van der Waals surface area contributed by atoms with Crippen LogP contribution in [-0.2, 0) is 19.2 Å². The van der Waals surface area contributed by atoms with E-state index in [4.69, 9.17) is 9.83 Å². The highest BCUT2D eigenvalue weighted by molar-refractivity contribution is 8.14. The summed E-state index contributed by atoms with van der Waals surface area (Å²) >= 11 is 3.48. The smallest absolute Gasteiger partial charge is 0.333 e. The Bertz CT molecular complexity index is 1300. The van der Waals surface area contributed by atoms with E-state index in [-0.39, 0.29) is 24.6 Å². The molecule has 3 aliphatic rings. The standard InChI is InChI=1S/C29H30N4O4S2/c1-20-18-21(19-25-31-23-12-7-8-13-24(23)39-25)30-29(32(20)22-10-4-2-5-11-22)38-17-9-3-6-14-28(36)37-33-26(34)15-16-27(33)35/h2,4-5,7-8,10-13,18-19,25,31H,3,6,9,14-17H2,1H3/b21-19-. The van der Waals surface area contributed by atoms with Crippen molar-refractivity contribution in [2.45, 2.75) is 55.7 Å². The summed E-state index contributed by atoms with van der Waals surface area (Å²) in [6.07, 6.45) is 6.98. The summed E-state index contributed by atoms with van der Waals surface area (Å²) in [6, 6.07) is 18.5. The number of carbonyl (C=O) groups excluding carboxylic acids is 3. The monoisotopic (exact) mass is 562 g/mol. The van der Waals surface area contributed by atoms with Crippen molar-refractivity contribution < 1.29 is 19.2 Å². The maximum absolute atomic E-state index is 12.0. The van der Waals surface area contributed by atoms with Crippen LogP contribution in [0.1, 0.15) is 45.4 Å². The summed E-state index contributed by atoms with van der Waals surface area (Å²) in [5, 5.41) is 5.19. The second kappa shape index (κ2) is 12.6. The summed E-state index contributed by atoms with van der Waals surface area (Å²) in [6.45, 7) is 2.10. The van der Waals surface area contributed by atoms with Crippen molar-refractivity contribution in [3.63, 3.8) is 0 Å². The highest BCUT2D eigenvalue weighted by atomic mass is 32.2. The third-order valence-electron chi connectivity index (χ3n) is 6.36. The average molecular weight is 563 g/mol. The van der Waals surface area contributed by atoms with Crippen molar-refractivity contribution in [3.05, 3.63) is 78.1 Å². The van der Waals surface area contributed by atoms with Crippen molar-refractivity contribution in [2.24, 2.45) is 4.99 Å². The highest BCUT2D eigenvalue weighted by Gasteiger charge is 2.32. The molecule has 2 aromatic rings. The molecule has 0 aromatic heterocycles. The molecule has 1 unspecified atom stereocenters. The molecule has 0 spiro atoms. The molecule has 0 bridgehead atoms. The van der Waals surface area contributed by atoms with Gasteiger partial charge in [-0.15, -0.1) is 5.06 Å². The number of thioether (sulfide) groups is 2. The lowest BCUT2D eigenvalue weighted by molar-refractivity contribution is -0.197. The number of hydroxylamine groups is 2. The van der Waals surface area contributed by atoms with Crippen LogP contribution in [0.25, 0.3) is 0 Å². The summed E-state index contributed by atoms with van der Waals surface area (Å²) in [5.74, 6) is -0.617. The van der Waals surface area contributed by atoms with Crippen molar-refractivity contribution in [1.82, 2.24) is 5.06 Å². The number of para-hydroxylation sites is 2. The number of benzene rings is 2. The van der Waals surface area contributed by atoms with Crippen LogP contribution >= 0.6 is 23.5 Å². The first-order valence-electron chi connectivity index (χ1n) is 13.0. The van der Waals surface area contributed by atoms with E-state index in [1.54, 1.807) is 23.5 Å². The largest absolute Gasteiger partial charge is 0.369 e. The van der Waals surface area contributed by atoms with Gasteiger partial charge in [0, 0.05) is 47.0 Å². The Hall–Kier alpha value is -3.50. The molecule has 2 aromatic carbocycles. The molecule has 39 heavy (non-hydrogen) atoms. The molecule has 1 atom stereocenters. The second-order valence-electron chi connectivity index (χ2n) is 9.33. The number of hydrogen-bond donors (Lipinski definition) is 1. The number of allylic oxidation sites excluding steroid dienone is 2. The number of hydrogen-bond acceptors (Lipinski definition) is 9. The number of imide groups is 1. The van der Waals surface area contributed by atoms with Crippen LogP contribution in [0.15, 0.2) is 88.0 Å². The fourth-order valence-corrected chi connectivity index (χ4v) is 6.61. The zero-order valence-corrected chi connectivity index (χ0v) is 23.3. The van der Waals surface area contributed by atoms with E-state index in [2.05, 4.69) is 59.6 Å². The Morgan fingerprint density at radius 1 is 1.08 bits per heavy atom. The van der Waals surface area contributed by atoms with E-state index >= 15 is 0 Å². The zero-order valence-electron chi connectivity index (χ0n) is 21.7. The van der Waals surface area contributed by atoms with Gasteiger partial charge in [-0.25, -0.2) is 9.79 Å². The molecule has 5 rings (SSSR count). The normalized spacial score (nSPS) is 19.6. The van der Waals surface area contributed by atoms with Gasteiger partial charge in [0.25, 0.3) is 11.8 Å². The van der Waals surface area contributed by atoms with E-state index in [1.807, 2.05) is 24.3 Å². The van der Waals surface area contributed by atoms with Gasteiger partial charge in [0.05, 0.1) is 11.1 Å². The fourth-order valence-electron chi connectivity index (χ4n) is 4.45. The van der Waals surface area contributed by atoms with E-state index in [9.17, 15) is 14.4 Å². The first-order chi connectivity index (χ1) is 19.0. The van der Waals surface area contributed by atoms with Gasteiger partial charge in [-0.05, 0) is 56.2 Å². The molecule has 10 heteroatoms. The SMILES string of the molecule is CC1=C/C(=C/C2Nc3ccccc3S2)N=C(SCCCCCC(=O)ON2C(=O)CCC2=O)N1c1ccccc1. The maximum atomic E-state index is 12.0. The molecule has 202 valence electrons. The molecular weight excluding hydrogens is 532 g/mol. The van der Waals surface area contributed by atoms with Crippen molar-refractivity contribution in [2.75, 3.05) is 16.0 Å². The van der Waals surface area contributed by atoms with Crippen molar-refractivity contribution in [3.8, 4) is 0 Å². The number of amides is 2. The number of fused-ring (bicyclic) bond motifs is 1. The second-order valence-corrected chi connectivity index (χ2v) is 11.6. The number of anilines is 2. The van der Waals surface area contributed by atoms with Crippen LogP contribution in [0.4, 0.5) is 11.4 Å². The van der Waals surface area contributed by atoms with Gasteiger partial charge in [-0.2, -0.15) is 0 Å². The minimum absolute atomic E-state index is 0.0996. The first-order valence-corrected chi connectivity index (χ1v) is 14.9. The van der Waals surface area contributed by atoms with Crippen molar-refractivity contribution in [1.29, 1.82) is 0 Å². The van der Waals surface area contributed by atoms with Gasteiger partial charge in [0.15, 0.2) is 5.17 Å². The Balaban J connectivity index is 1.17. The zero-order chi connectivity index (χ0) is 27.2. The minimum Gasteiger partial charge on any atom is -0.369 e. The highest BCUT2D eigenvalue weighted by Crippen LogP contribution is 2.39. The van der Waals surface area contributed by atoms with Crippen LogP contribution in [0.5, 0.6) is 0 Å². The predicted molar refractivity (Wildman–Crippen MR) is 156 cm³/mol. The number of nitrogens with one attached hydrogen (secondary N) is 1. The Morgan fingerprint density at radius 2 is 1.82 bits per heavy atom. The number of aliphatic imine (C=N–C) groups is 1. The number of amidine groups is 1. The number of carbonyl (C=O) groups is 3. The van der Waals surface area contributed by atoms with Crippen LogP contribution in [0.2, 0.25) is 0 Å². The third-order valence-corrected chi connectivity index (χ3v) is 8.50. The molecular formula is C29H30N4O4S2. The van der Waals surface area contributed by atoms with Crippen LogP contribution in [0, 0.1) is 0 Å². The Morgan fingerprint density at radius 3 is 2.59 bits per heavy atom. The van der Waals surface area contributed by atoms with Gasteiger partial charge in [-0.1, -0.05) is 60.3 Å². The fraction of sp³-hybridized carbons (Fsp3) is 0.310. The summed E-state index contributed by atoms with van der Waals surface area (Å²) in [5.41, 5.74) is 4.23. The van der Waals surface area contributed by atoms with E-state index < -0.39 is 17.8 Å². The molecule has 3 aliphatic heterocycles.